The lowest BCUT2D eigenvalue weighted by Crippen LogP contribution is -2.59. The van der Waals surface area contributed by atoms with E-state index in [0.717, 1.165) is 18.4 Å². The highest BCUT2D eigenvalue weighted by Crippen LogP contribution is 2.72. The predicted octanol–water partition coefficient (Wildman–Crippen LogP) is 4.37. The quantitative estimate of drug-likeness (QED) is 0.413. The van der Waals surface area contributed by atoms with Crippen molar-refractivity contribution in [2.24, 2.45) is 40.4 Å². The van der Waals surface area contributed by atoms with E-state index >= 15 is 0 Å². The maximum Gasteiger partial charge on any atom is 0.321 e. The number of carbonyl (C=O) groups excluding carboxylic acids is 4. The molecule has 8 heteroatoms. The van der Waals surface area contributed by atoms with E-state index in [1.165, 1.54) is 13.8 Å². The number of hydrogen-bond donors (Lipinski definition) is 0. The number of rotatable bonds is 4. The van der Waals surface area contributed by atoms with Gasteiger partial charge in [-0.15, -0.1) is 11.6 Å². The number of allylic oxidation sites excluding steroid dienone is 4. The van der Waals surface area contributed by atoms with E-state index in [2.05, 4.69) is 6.92 Å². The molecule has 0 aliphatic heterocycles. The van der Waals surface area contributed by atoms with Gasteiger partial charge in [-0.3, -0.25) is 19.2 Å². The Morgan fingerprint density at radius 2 is 1.88 bits per heavy atom. The summed E-state index contributed by atoms with van der Waals surface area (Å²) in [5.41, 5.74) is -1.50. The Morgan fingerprint density at radius 1 is 1.18 bits per heavy atom. The van der Waals surface area contributed by atoms with Crippen molar-refractivity contribution in [2.45, 2.75) is 65.1 Å². The number of hydrogen-bond acceptors (Lipinski definition) is 6. The van der Waals surface area contributed by atoms with Crippen LogP contribution in [0.15, 0.2) is 22.8 Å². The molecule has 0 N–H and O–H groups in total. The largest absolute Gasteiger partial charge is 0.461 e. The summed E-state index contributed by atoms with van der Waals surface area (Å²) in [4.78, 5) is 50.2. The Kier molecular flexibility index (Phi) is 5.42. The molecule has 0 aromatic heterocycles. The SMILES string of the molecule is CC(=O)O[C@]1(C(C)=O)C[C@@H](OC(=O)CCl)[C@H]2[C@@H]3C=C(Cl)C4=CC(=O)[C@@H]5C[C@@H]5[C@]4(C)[C@H]3CC[C@@]21C. The molecule has 34 heavy (non-hydrogen) atoms. The van der Waals surface area contributed by atoms with Gasteiger partial charge in [-0.1, -0.05) is 31.5 Å². The summed E-state index contributed by atoms with van der Waals surface area (Å²) in [7, 11) is 0. The molecule has 0 aromatic carbocycles. The minimum atomic E-state index is -1.40. The first kappa shape index (κ1) is 24.1. The molecule has 3 fully saturated rings. The summed E-state index contributed by atoms with van der Waals surface area (Å²) in [6.45, 7) is 6.93. The van der Waals surface area contributed by atoms with Crippen molar-refractivity contribution >= 4 is 46.7 Å². The van der Waals surface area contributed by atoms with Crippen LogP contribution in [0.25, 0.3) is 0 Å². The number of Topliss-reactive ketones (excluding diaryl/α,β-unsaturated/α-hetero) is 1. The maximum atomic E-state index is 13.1. The van der Waals surface area contributed by atoms with Gasteiger partial charge in [0.1, 0.15) is 12.0 Å². The molecule has 0 unspecified atom stereocenters. The van der Waals surface area contributed by atoms with Crippen LogP contribution in [-0.4, -0.2) is 41.1 Å². The van der Waals surface area contributed by atoms with Crippen molar-refractivity contribution in [3.63, 3.8) is 0 Å². The van der Waals surface area contributed by atoms with Crippen molar-refractivity contribution in [1.29, 1.82) is 0 Å². The van der Waals surface area contributed by atoms with E-state index in [1.807, 2.05) is 13.0 Å². The molecule has 184 valence electrons. The summed E-state index contributed by atoms with van der Waals surface area (Å²) in [5, 5.41) is 0.557. The van der Waals surface area contributed by atoms with E-state index in [0.29, 0.717) is 11.5 Å². The van der Waals surface area contributed by atoms with Crippen LogP contribution in [-0.2, 0) is 28.7 Å². The zero-order valence-electron chi connectivity index (χ0n) is 19.9. The van der Waals surface area contributed by atoms with Gasteiger partial charge in [0.15, 0.2) is 17.2 Å². The van der Waals surface area contributed by atoms with Gasteiger partial charge in [-0.05, 0) is 55.6 Å². The van der Waals surface area contributed by atoms with E-state index < -0.39 is 29.1 Å². The molecule has 5 aliphatic rings. The van der Waals surface area contributed by atoms with Gasteiger partial charge in [0.05, 0.1) is 0 Å². The number of carbonyl (C=O) groups is 4. The van der Waals surface area contributed by atoms with Gasteiger partial charge >= 0.3 is 11.9 Å². The molecule has 0 spiro atoms. The minimum absolute atomic E-state index is 0.0519. The third-order valence-electron chi connectivity index (χ3n) is 9.84. The summed E-state index contributed by atoms with van der Waals surface area (Å²) in [6.07, 6.45) is 5.45. The Bertz CT molecular complexity index is 1060. The van der Waals surface area contributed by atoms with Crippen LogP contribution in [0.1, 0.15) is 53.4 Å². The summed E-state index contributed by atoms with van der Waals surface area (Å²) in [6, 6.07) is 0. The van der Waals surface area contributed by atoms with Crippen LogP contribution in [0.3, 0.4) is 0 Å². The number of fused-ring (bicyclic) bond motifs is 7. The van der Waals surface area contributed by atoms with Crippen LogP contribution in [0.2, 0.25) is 0 Å². The van der Waals surface area contributed by atoms with Crippen molar-refractivity contribution in [1.82, 2.24) is 0 Å². The minimum Gasteiger partial charge on any atom is -0.461 e. The molecule has 6 nitrogen and oxygen atoms in total. The van der Waals surface area contributed by atoms with Gasteiger partial charge in [-0.25, -0.2) is 0 Å². The topological polar surface area (TPSA) is 86.7 Å². The zero-order valence-corrected chi connectivity index (χ0v) is 21.4. The second kappa shape index (κ2) is 7.67. The number of halogens is 2. The smallest absolute Gasteiger partial charge is 0.321 e. The lowest BCUT2D eigenvalue weighted by atomic mass is 9.47. The highest BCUT2D eigenvalue weighted by molar-refractivity contribution is 6.32. The highest BCUT2D eigenvalue weighted by atomic mass is 35.5. The number of ether oxygens (including phenoxy) is 2. The molecule has 0 bridgehead atoms. The third-order valence-corrected chi connectivity index (χ3v) is 10.4. The number of ketones is 2. The Morgan fingerprint density at radius 3 is 2.50 bits per heavy atom. The van der Waals surface area contributed by atoms with E-state index in [4.69, 9.17) is 32.7 Å². The van der Waals surface area contributed by atoms with Crippen LogP contribution in [0, 0.1) is 40.4 Å². The molecule has 0 aromatic rings. The van der Waals surface area contributed by atoms with Gasteiger partial charge in [-0.2, -0.15) is 0 Å². The standard InChI is InChI=1S/C26H30Cl2O6/c1-12(29)26(34-13(2)30)10-21(33-22(32)11-27)23-15-8-19(28)18-9-20(31)14-7-17(14)25(18,4)16(15)5-6-24(23,26)3/h8-9,14-17,21,23H,5-7,10-11H2,1-4H3/t14-,15-,16+,17+,21-,23-,24+,25+,26+/m1/s1. The van der Waals surface area contributed by atoms with E-state index in [9.17, 15) is 19.2 Å². The van der Waals surface area contributed by atoms with Crippen molar-refractivity contribution in [2.75, 3.05) is 5.88 Å². The molecule has 3 saturated carbocycles. The average Bonchev–Trinajstić information content (AvgIpc) is 3.52. The molecule has 0 amide bonds. The van der Waals surface area contributed by atoms with Gasteiger partial charge in [0.25, 0.3) is 0 Å². The fraction of sp³-hybridized carbons (Fsp3) is 0.692. The van der Waals surface area contributed by atoms with Gasteiger partial charge in [0.2, 0.25) is 0 Å². The highest BCUT2D eigenvalue weighted by Gasteiger charge is 2.73. The predicted molar refractivity (Wildman–Crippen MR) is 125 cm³/mol. The van der Waals surface area contributed by atoms with Crippen LogP contribution in [0.5, 0.6) is 0 Å². The fourth-order valence-corrected chi connectivity index (χ4v) is 8.82. The lowest BCUT2D eigenvalue weighted by Gasteiger charge is -2.58. The van der Waals surface area contributed by atoms with Crippen molar-refractivity contribution < 1.29 is 28.7 Å². The fourth-order valence-electron chi connectivity index (χ4n) is 8.35. The Labute approximate surface area is 209 Å². The zero-order chi connectivity index (χ0) is 24.8. The summed E-state index contributed by atoms with van der Waals surface area (Å²) < 4.78 is 11.7. The molecular weight excluding hydrogens is 479 g/mol. The van der Waals surface area contributed by atoms with Crippen molar-refractivity contribution in [3.05, 3.63) is 22.8 Å². The van der Waals surface area contributed by atoms with Crippen LogP contribution in [0.4, 0.5) is 0 Å². The maximum absolute atomic E-state index is 13.1. The second-order valence-electron chi connectivity index (χ2n) is 11.2. The van der Waals surface area contributed by atoms with Crippen LogP contribution < -0.4 is 0 Å². The average molecular weight is 509 g/mol. The first-order valence-electron chi connectivity index (χ1n) is 12.0. The monoisotopic (exact) mass is 508 g/mol. The van der Waals surface area contributed by atoms with E-state index in [1.54, 1.807) is 6.08 Å². The molecule has 0 radical (unpaired) electrons. The summed E-state index contributed by atoms with van der Waals surface area (Å²) >= 11 is 12.6. The molecule has 0 saturated heterocycles. The van der Waals surface area contributed by atoms with Gasteiger partial charge in [0, 0.05) is 41.0 Å². The lowest BCUT2D eigenvalue weighted by molar-refractivity contribution is -0.185. The van der Waals surface area contributed by atoms with Crippen LogP contribution >= 0.6 is 23.2 Å². The number of alkyl halides is 1. The molecule has 0 heterocycles. The first-order valence-corrected chi connectivity index (χ1v) is 12.9. The van der Waals surface area contributed by atoms with E-state index in [-0.39, 0.29) is 58.9 Å². The number of esters is 2. The summed E-state index contributed by atoms with van der Waals surface area (Å²) in [5.74, 6) is -1.43. The third kappa shape index (κ3) is 3.00. The Balaban J connectivity index is 1.65. The molecule has 5 aliphatic carbocycles. The normalized spacial score (nSPS) is 46.1. The Hall–Kier alpha value is -1.66. The second-order valence-corrected chi connectivity index (χ2v) is 11.9. The molecular formula is C26H30Cl2O6. The molecule has 9 atom stereocenters. The van der Waals surface area contributed by atoms with Crippen molar-refractivity contribution in [3.8, 4) is 0 Å². The van der Waals surface area contributed by atoms with Gasteiger partial charge < -0.3 is 9.47 Å². The first-order chi connectivity index (χ1) is 15.9. The molecule has 5 rings (SSSR count).